The lowest BCUT2D eigenvalue weighted by atomic mass is 10.0. The molecule has 0 bridgehead atoms. The van der Waals surface area contributed by atoms with Gasteiger partial charge in [0.1, 0.15) is 0 Å². The fourth-order valence-corrected chi connectivity index (χ4v) is 2.50. The average Bonchev–Trinajstić information content (AvgIpc) is 2.92. The lowest BCUT2D eigenvalue weighted by Crippen LogP contribution is -2.07. The zero-order chi connectivity index (χ0) is 13.2. The SMILES string of the molecule is OC(Cn1ccnc1)c1ccc(Cl)c2ccccc12. The van der Waals surface area contributed by atoms with Crippen molar-refractivity contribution in [2.75, 3.05) is 0 Å². The van der Waals surface area contributed by atoms with E-state index in [-0.39, 0.29) is 0 Å². The van der Waals surface area contributed by atoms with E-state index in [4.69, 9.17) is 11.6 Å². The molecule has 1 N–H and O–H groups in total. The summed E-state index contributed by atoms with van der Waals surface area (Å²) in [6, 6.07) is 11.5. The van der Waals surface area contributed by atoms with Gasteiger partial charge in [-0.2, -0.15) is 0 Å². The first-order chi connectivity index (χ1) is 9.25. The molecule has 4 heteroatoms. The van der Waals surface area contributed by atoms with E-state index in [2.05, 4.69) is 4.98 Å². The van der Waals surface area contributed by atoms with Crippen molar-refractivity contribution in [3.05, 3.63) is 65.7 Å². The summed E-state index contributed by atoms with van der Waals surface area (Å²) in [6.07, 6.45) is 4.64. The molecular weight excluding hydrogens is 260 g/mol. The highest BCUT2D eigenvalue weighted by Gasteiger charge is 2.13. The first kappa shape index (κ1) is 12.2. The minimum absolute atomic E-state index is 0.478. The molecule has 19 heavy (non-hydrogen) atoms. The fourth-order valence-electron chi connectivity index (χ4n) is 2.27. The molecule has 0 spiro atoms. The molecule has 1 atom stereocenters. The van der Waals surface area contributed by atoms with E-state index in [1.165, 1.54) is 0 Å². The Morgan fingerprint density at radius 1 is 1.16 bits per heavy atom. The molecular formula is C15H13ClN2O. The third-order valence-electron chi connectivity index (χ3n) is 3.21. The standard InChI is InChI=1S/C15H13ClN2O/c16-14-6-5-13(11-3-1-2-4-12(11)14)15(19)9-18-8-7-17-10-18/h1-8,10,15,19H,9H2. The van der Waals surface area contributed by atoms with E-state index in [0.717, 1.165) is 16.3 Å². The summed E-state index contributed by atoms with van der Waals surface area (Å²) in [4.78, 5) is 3.98. The molecule has 0 amide bonds. The van der Waals surface area contributed by atoms with Crippen molar-refractivity contribution < 1.29 is 5.11 Å². The van der Waals surface area contributed by atoms with Crippen LogP contribution in [0.5, 0.6) is 0 Å². The van der Waals surface area contributed by atoms with Gasteiger partial charge in [-0.1, -0.05) is 41.9 Å². The number of aliphatic hydroxyl groups is 1. The summed E-state index contributed by atoms with van der Waals surface area (Å²) in [5, 5.41) is 13.0. The number of imidazole rings is 1. The van der Waals surface area contributed by atoms with Gasteiger partial charge in [-0.25, -0.2) is 4.98 Å². The normalized spacial score (nSPS) is 12.7. The van der Waals surface area contributed by atoms with Crippen LogP contribution in [0.15, 0.2) is 55.1 Å². The lowest BCUT2D eigenvalue weighted by molar-refractivity contribution is 0.158. The van der Waals surface area contributed by atoms with Crippen LogP contribution in [0.2, 0.25) is 5.02 Å². The van der Waals surface area contributed by atoms with Crippen molar-refractivity contribution in [3.63, 3.8) is 0 Å². The number of rotatable bonds is 3. The number of aliphatic hydroxyl groups excluding tert-OH is 1. The number of nitrogens with zero attached hydrogens (tertiary/aromatic N) is 2. The van der Waals surface area contributed by atoms with Crippen LogP contribution >= 0.6 is 11.6 Å². The van der Waals surface area contributed by atoms with Gasteiger partial charge in [-0.05, 0) is 17.0 Å². The van der Waals surface area contributed by atoms with Gasteiger partial charge < -0.3 is 9.67 Å². The van der Waals surface area contributed by atoms with Gasteiger partial charge in [0.2, 0.25) is 0 Å². The Morgan fingerprint density at radius 2 is 1.95 bits per heavy atom. The van der Waals surface area contributed by atoms with Crippen molar-refractivity contribution in [1.82, 2.24) is 9.55 Å². The maximum atomic E-state index is 10.4. The van der Waals surface area contributed by atoms with Gasteiger partial charge in [0.25, 0.3) is 0 Å². The summed E-state index contributed by atoms with van der Waals surface area (Å²) in [5.74, 6) is 0. The quantitative estimate of drug-likeness (QED) is 0.793. The molecule has 0 saturated heterocycles. The highest BCUT2D eigenvalue weighted by molar-refractivity contribution is 6.35. The summed E-state index contributed by atoms with van der Waals surface area (Å²) in [7, 11) is 0. The van der Waals surface area contributed by atoms with Crippen molar-refractivity contribution in [3.8, 4) is 0 Å². The second kappa shape index (κ2) is 5.03. The maximum Gasteiger partial charge on any atom is 0.0975 e. The van der Waals surface area contributed by atoms with Crippen molar-refractivity contribution in [2.45, 2.75) is 12.6 Å². The average molecular weight is 273 g/mol. The first-order valence-corrected chi connectivity index (χ1v) is 6.44. The molecule has 0 aliphatic rings. The molecule has 0 saturated carbocycles. The predicted octanol–water partition coefficient (Wildman–Crippen LogP) is 3.42. The molecule has 2 aromatic carbocycles. The Bertz CT molecular complexity index is 694. The van der Waals surface area contributed by atoms with Crippen molar-refractivity contribution in [1.29, 1.82) is 0 Å². The molecule has 0 radical (unpaired) electrons. The Balaban J connectivity index is 2.03. The monoisotopic (exact) mass is 272 g/mol. The van der Waals surface area contributed by atoms with Gasteiger partial charge in [-0.3, -0.25) is 0 Å². The molecule has 3 rings (SSSR count). The fraction of sp³-hybridized carbons (Fsp3) is 0.133. The van der Waals surface area contributed by atoms with Gasteiger partial charge in [-0.15, -0.1) is 0 Å². The van der Waals surface area contributed by atoms with Crippen LogP contribution in [-0.2, 0) is 6.54 Å². The van der Waals surface area contributed by atoms with Gasteiger partial charge in [0.05, 0.1) is 19.0 Å². The van der Waals surface area contributed by atoms with E-state index in [1.54, 1.807) is 12.5 Å². The zero-order valence-electron chi connectivity index (χ0n) is 10.2. The Morgan fingerprint density at radius 3 is 2.68 bits per heavy atom. The largest absolute Gasteiger partial charge is 0.387 e. The summed E-state index contributed by atoms with van der Waals surface area (Å²) in [5.41, 5.74) is 0.883. The summed E-state index contributed by atoms with van der Waals surface area (Å²) >= 11 is 6.18. The van der Waals surface area contributed by atoms with Crippen LogP contribution in [0.4, 0.5) is 0 Å². The smallest absolute Gasteiger partial charge is 0.0975 e. The molecule has 96 valence electrons. The van der Waals surface area contributed by atoms with Crippen LogP contribution in [0.1, 0.15) is 11.7 Å². The first-order valence-electron chi connectivity index (χ1n) is 6.06. The molecule has 0 aliphatic heterocycles. The minimum Gasteiger partial charge on any atom is -0.387 e. The molecule has 1 aromatic heterocycles. The minimum atomic E-state index is -0.587. The highest BCUT2D eigenvalue weighted by atomic mass is 35.5. The molecule has 1 unspecified atom stereocenters. The van der Waals surface area contributed by atoms with Crippen LogP contribution in [0.25, 0.3) is 10.8 Å². The number of benzene rings is 2. The highest BCUT2D eigenvalue weighted by Crippen LogP contribution is 2.30. The summed E-state index contributed by atoms with van der Waals surface area (Å²) < 4.78 is 1.86. The summed E-state index contributed by atoms with van der Waals surface area (Å²) in [6.45, 7) is 0.478. The van der Waals surface area contributed by atoms with Crippen LogP contribution in [0.3, 0.4) is 0 Å². The molecule has 1 heterocycles. The number of fused-ring (bicyclic) bond motifs is 1. The maximum absolute atomic E-state index is 10.4. The number of aromatic nitrogens is 2. The van der Waals surface area contributed by atoms with Crippen molar-refractivity contribution >= 4 is 22.4 Å². The van der Waals surface area contributed by atoms with E-state index in [0.29, 0.717) is 11.6 Å². The molecule has 3 aromatic rings. The van der Waals surface area contributed by atoms with Crippen LogP contribution < -0.4 is 0 Å². The van der Waals surface area contributed by atoms with E-state index in [1.807, 2.05) is 47.2 Å². The van der Waals surface area contributed by atoms with Gasteiger partial charge in [0.15, 0.2) is 0 Å². The lowest BCUT2D eigenvalue weighted by Gasteiger charge is -2.15. The Labute approximate surface area is 116 Å². The van der Waals surface area contributed by atoms with E-state index in [9.17, 15) is 5.11 Å². The second-order valence-electron chi connectivity index (χ2n) is 4.46. The van der Waals surface area contributed by atoms with Crippen LogP contribution in [-0.4, -0.2) is 14.7 Å². The third-order valence-corrected chi connectivity index (χ3v) is 3.54. The zero-order valence-corrected chi connectivity index (χ0v) is 11.0. The Hall–Kier alpha value is -1.84. The molecule has 0 fully saturated rings. The Kier molecular flexibility index (Phi) is 3.23. The number of hydrogen-bond acceptors (Lipinski definition) is 2. The number of halogens is 1. The molecule has 0 aliphatic carbocycles. The van der Waals surface area contributed by atoms with Crippen molar-refractivity contribution in [2.24, 2.45) is 0 Å². The van der Waals surface area contributed by atoms with E-state index < -0.39 is 6.10 Å². The topological polar surface area (TPSA) is 38.0 Å². The second-order valence-corrected chi connectivity index (χ2v) is 4.86. The third kappa shape index (κ3) is 2.35. The predicted molar refractivity (Wildman–Crippen MR) is 76.1 cm³/mol. The molecule has 3 nitrogen and oxygen atoms in total. The van der Waals surface area contributed by atoms with E-state index >= 15 is 0 Å². The number of hydrogen-bond donors (Lipinski definition) is 1. The van der Waals surface area contributed by atoms with Crippen LogP contribution in [0, 0.1) is 0 Å². The van der Waals surface area contributed by atoms with Gasteiger partial charge in [0, 0.05) is 22.8 Å². The van der Waals surface area contributed by atoms with Gasteiger partial charge >= 0.3 is 0 Å².